The molecule has 84 valence electrons. The van der Waals surface area contributed by atoms with Crippen LogP contribution in [-0.2, 0) is 7.05 Å². The first-order chi connectivity index (χ1) is 7.04. The molecule has 5 nitrogen and oxygen atoms in total. The molecular formula is C10H17N3O2. The van der Waals surface area contributed by atoms with Crippen LogP contribution in [0.3, 0.4) is 0 Å². The van der Waals surface area contributed by atoms with E-state index in [0.717, 1.165) is 0 Å². The number of aryl methyl sites for hydroxylation is 1. The molecule has 5 heteroatoms. The van der Waals surface area contributed by atoms with E-state index in [2.05, 4.69) is 10.4 Å². The van der Waals surface area contributed by atoms with Crippen LogP contribution in [0.15, 0.2) is 12.3 Å². The largest absolute Gasteiger partial charge is 0.394 e. The van der Waals surface area contributed by atoms with Gasteiger partial charge in [0.15, 0.2) is 0 Å². The second kappa shape index (κ2) is 4.93. The Morgan fingerprint density at radius 1 is 1.67 bits per heavy atom. The number of nitrogens with one attached hydrogen (secondary N) is 1. The van der Waals surface area contributed by atoms with Gasteiger partial charge in [-0.25, -0.2) is 0 Å². The molecule has 15 heavy (non-hydrogen) atoms. The molecule has 1 rings (SSSR count). The highest BCUT2D eigenvalue weighted by Gasteiger charge is 2.17. The van der Waals surface area contributed by atoms with Gasteiger partial charge in [0.2, 0.25) is 0 Å². The van der Waals surface area contributed by atoms with Crippen LogP contribution < -0.4 is 5.32 Å². The van der Waals surface area contributed by atoms with Gasteiger partial charge in [-0.1, -0.05) is 13.8 Å². The Morgan fingerprint density at radius 3 is 2.73 bits per heavy atom. The number of hydrogen-bond acceptors (Lipinski definition) is 3. The van der Waals surface area contributed by atoms with Crippen LogP contribution in [0.4, 0.5) is 0 Å². The van der Waals surface area contributed by atoms with E-state index in [1.165, 1.54) is 0 Å². The molecular weight excluding hydrogens is 194 g/mol. The number of carbonyl (C=O) groups excluding carboxylic acids is 1. The first-order valence-corrected chi connectivity index (χ1v) is 4.96. The van der Waals surface area contributed by atoms with Crippen LogP contribution in [0.25, 0.3) is 0 Å². The minimum atomic E-state index is -0.247. The summed E-state index contributed by atoms with van der Waals surface area (Å²) >= 11 is 0. The van der Waals surface area contributed by atoms with Crippen LogP contribution >= 0.6 is 0 Å². The normalized spacial score (nSPS) is 12.9. The zero-order valence-corrected chi connectivity index (χ0v) is 9.27. The Kier molecular flexibility index (Phi) is 3.85. The molecule has 0 saturated heterocycles. The molecule has 1 aromatic rings. The summed E-state index contributed by atoms with van der Waals surface area (Å²) in [5.41, 5.74) is 0.372. The predicted octanol–water partition coefficient (Wildman–Crippen LogP) is 0.167. The molecule has 0 spiro atoms. The Labute approximate surface area is 89.1 Å². The quantitative estimate of drug-likeness (QED) is 0.746. The number of rotatable bonds is 4. The van der Waals surface area contributed by atoms with Gasteiger partial charge >= 0.3 is 0 Å². The van der Waals surface area contributed by atoms with Crippen molar-refractivity contribution in [2.45, 2.75) is 19.9 Å². The highest BCUT2D eigenvalue weighted by Crippen LogP contribution is 2.02. The smallest absolute Gasteiger partial charge is 0.272 e. The van der Waals surface area contributed by atoms with Crippen LogP contribution in [0.5, 0.6) is 0 Å². The van der Waals surface area contributed by atoms with Gasteiger partial charge in [0.1, 0.15) is 5.69 Å². The van der Waals surface area contributed by atoms with Crippen molar-refractivity contribution in [2.75, 3.05) is 6.61 Å². The van der Waals surface area contributed by atoms with Gasteiger partial charge in [-0.05, 0) is 12.0 Å². The summed E-state index contributed by atoms with van der Waals surface area (Å²) < 4.78 is 1.57. The maximum Gasteiger partial charge on any atom is 0.272 e. The average molecular weight is 211 g/mol. The second-order valence-corrected chi connectivity index (χ2v) is 3.88. The van der Waals surface area contributed by atoms with E-state index in [-0.39, 0.29) is 24.5 Å². The number of amides is 1. The summed E-state index contributed by atoms with van der Waals surface area (Å²) in [6.45, 7) is 3.83. The number of aromatic nitrogens is 2. The SMILES string of the molecule is CC(C)[C@@H](CO)NC(=O)c1ccn(C)n1. The summed E-state index contributed by atoms with van der Waals surface area (Å²) in [7, 11) is 1.75. The fraction of sp³-hybridized carbons (Fsp3) is 0.600. The molecule has 0 bridgehead atoms. The van der Waals surface area contributed by atoms with E-state index in [4.69, 9.17) is 5.11 Å². The third-order valence-corrected chi connectivity index (χ3v) is 2.26. The lowest BCUT2D eigenvalue weighted by molar-refractivity contribution is 0.0891. The molecule has 0 saturated carbocycles. The second-order valence-electron chi connectivity index (χ2n) is 3.88. The average Bonchev–Trinajstić information content (AvgIpc) is 2.60. The number of carbonyl (C=O) groups is 1. The molecule has 0 aliphatic carbocycles. The number of hydrogen-bond donors (Lipinski definition) is 2. The zero-order valence-electron chi connectivity index (χ0n) is 9.27. The summed E-state index contributed by atoms with van der Waals surface area (Å²) in [6.07, 6.45) is 1.71. The molecule has 0 radical (unpaired) electrons. The van der Waals surface area contributed by atoms with Crippen LogP contribution in [-0.4, -0.2) is 33.4 Å². The molecule has 0 unspecified atom stereocenters. The Bertz CT molecular complexity index is 333. The molecule has 1 heterocycles. The van der Waals surface area contributed by atoms with Crippen LogP contribution in [0.2, 0.25) is 0 Å². The van der Waals surface area contributed by atoms with Crippen molar-refractivity contribution >= 4 is 5.91 Å². The monoisotopic (exact) mass is 211 g/mol. The van der Waals surface area contributed by atoms with Gasteiger partial charge < -0.3 is 10.4 Å². The van der Waals surface area contributed by atoms with Crippen molar-refractivity contribution in [2.24, 2.45) is 13.0 Å². The Morgan fingerprint density at radius 2 is 2.33 bits per heavy atom. The number of aliphatic hydroxyl groups excluding tert-OH is 1. The third kappa shape index (κ3) is 3.06. The van der Waals surface area contributed by atoms with E-state index < -0.39 is 0 Å². The van der Waals surface area contributed by atoms with E-state index >= 15 is 0 Å². The Balaban J connectivity index is 2.62. The summed E-state index contributed by atoms with van der Waals surface area (Å²) in [4.78, 5) is 11.6. The van der Waals surface area contributed by atoms with E-state index in [9.17, 15) is 4.79 Å². The number of nitrogens with zero attached hydrogens (tertiary/aromatic N) is 2. The van der Waals surface area contributed by atoms with Crippen molar-refractivity contribution in [3.05, 3.63) is 18.0 Å². The molecule has 1 aromatic heterocycles. The molecule has 0 aromatic carbocycles. The van der Waals surface area contributed by atoms with Gasteiger partial charge in [-0.3, -0.25) is 9.48 Å². The standard InChI is InChI=1S/C10H17N3O2/c1-7(2)9(6-14)11-10(15)8-4-5-13(3)12-8/h4-5,7,9,14H,6H2,1-3H3,(H,11,15)/t9-/m1/s1. The van der Waals surface area contributed by atoms with Crippen LogP contribution in [0, 0.1) is 5.92 Å². The number of aliphatic hydroxyl groups is 1. The fourth-order valence-corrected chi connectivity index (χ4v) is 1.20. The van der Waals surface area contributed by atoms with Gasteiger partial charge in [-0.15, -0.1) is 0 Å². The molecule has 1 amide bonds. The topological polar surface area (TPSA) is 67.2 Å². The van der Waals surface area contributed by atoms with Gasteiger partial charge in [0, 0.05) is 13.2 Å². The predicted molar refractivity (Wildman–Crippen MR) is 56.4 cm³/mol. The summed E-state index contributed by atoms with van der Waals surface area (Å²) in [5.74, 6) is -0.0500. The molecule has 0 fully saturated rings. The van der Waals surface area contributed by atoms with E-state index in [1.54, 1.807) is 24.0 Å². The lowest BCUT2D eigenvalue weighted by Crippen LogP contribution is -2.41. The zero-order chi connectivity index (χ0) is 11.4. The van der Waals surface area contributed by atoms with E-state index in [0.29, 0.717) is 5.69 Å². The highest BCUT2D eigenvalue weighted by atomic mass is 16.3. The first-order valence-electron chi connectivity index (χ1n) is 4.96. The third-order valence-electron chi connectivity index (χ3n) is 2.26. The van der Waals surface area contributed by atoms with Gasteiger partial charge in [0.05, 0.1) is 12.6 Å². The minimum absolute atomic E-state index is 0.0593. The van der Waals surface area contributed by atoms with Crippen molar-refractivity contribution in [1.29, 1.82) is 0 Å². The van der Waals surface area contributed by atoms with Crippen molar-refractivity contribution < 1.29 is 9.90 Å². The van der Waals surface area contributed by atoms with Crippen molar-refractivity contribution in [3.63, 3.8) is 0 Å². The van der Waals surface area contributed by atoms with Gasteiger partial charge in [0.25, 0.3) is 5.91 Å². The molecule has 1 atom stereocenters. The maximum atomic E-state index is 11.6. The van der Waals surface area contributed by atoms with Crippen molar-refractivity contribution in [1.82, 2.24) is 15.1 Å². The van der Waals surface area contributed by atoms with Gasteiger partial charge in [-0.2, -0.15) is 5.10 Å². The lowest BCUT2D eigenvalue weighted by Gasteiger charge is -2.18. The molecule has 0 aliphatic heterocycles. The van der Waals surface area contributed by atoms with Crippen LogP contribution in [0.1, 0.15) is 24.3 Å². The molecule has 0 aliphatic rings. The molecule has 2 N–H and O–H groups in total. The van der Waals surface area contributed by atoms with Crippen molar-refractivity contribution in [3.8, 4) is 0 Å². The highest BCUT2D eigenvalue weighted by molar-refractivity contribution is 5.92. The Hall–Kier alpha value is -1.36. The maximum absolute atomic E-state index is 11.6. The summed E-state index contributed by atoms with van der Waals surface area (Å²) in [6, 6.07) is 1.42. The minimum Gasteiger partial charge on any atom is -0.394 e. The first kappa shape index (κ1) is 11.7. The van der Waals surface area contributed by atoms with E-state index in [1.807, 2.05) is 13.8 Å². The fourth-order valence-electron chi connectivity index (χ4n) is 1.20. The lowest BCUT2D eigenvalue weighted by atomic mass is 10.1. The summed E-state index contributed by atoms with van der Waals surface area (Å²) in [5, 5.41) is 15.8.